The second kappa shape index (κ2) is 9.62. The first-order valence-electron chi connectivity index (χ1n) is 12.1. The van der Waals surface area contributed by atoms with Crippen molar-refractivity contribution in [2.75, 3.05) is 47.2 Å². The lowest BCUT2D eigenvalue weighted by Gasteiger charge is -2.34. The number of benzene rings is 2. The van der Waals surface area contributed by atoms with E-state index in [0.29, 0.717) is 35.8 Å². The largest absolute Gasteiger partial charge is 0.493 e. The lowest BCUT2D eigenvalue weighted by molar-refractivity contribution is 0.0630. The molecular weight excluding hydrogens is 474 g/mol. The molecular formula is C27H27N5O5. The van der Waals surface area contributed by atoms with Gasteiger partial charge in [0.15, 0.2) is 28.6 Å². The predicted molar refractivity (Wildman–Crippen MR) is 135 cm³/mol. The maximum atomic E-state index is 13.4. The molecule has 0 aliphatic carbocycles. The molecule has 2 aliphatic heterocycles. The van der Waals surface area contributed by atoms with Crippen LogP contribution in [0.4, 0.5) is 0 Å². The molecule has 0 unspecified atom stereocenters. The van der Waals surface area contributed by atoms with Crippen LogP contribution in [-0.4, -0.2) is 77.5 Å². The molecule has 10 heteroatoms. The van der Waals surface area contributed by atoms with Gasteiger partial charge in [0.25, 0.3) is 5.91 Å². The Hall–Kier alpha value is -4.31. The molecule has 0 spiro atoms. The van der Waals surface area contributed by atoms with Crippen LogP contribution in [0.5, 0.6) is 23.0 Å². The molecule has 0 atom stereocenters. The third kappa shape index (κ3) is 4.29. The van der Waals surface area contributed by atoms with Gasteiger partial charge in [-0.25, -0.2) is 9.50 Å². The van der Waals surface area contributed by atoms with E-state index in [9.17, 15) is 4.79 Å². The van der Waals surface area contributed by atoms with Crippen molar-refractivity contribution in [2.45, 2.75) is 6.54 Å². The number of piperazine rings is 1. The first-order valence-corrected chi connectivity index (χ1v) is 12.1. The Kier molecular flexibility index (Phi) is 6.01. The number of methoxy groups -OCH3 is 2. The maximum absolute atomic E-state index is 13.4. The van der Waals surface area contributed by atoms with Crippen LogP contribution in [0.3, 0.4) is 0 Å². The topological polar surface area (TPSA) is 90.7 Å². The zero-order chi connectivity index (χ0) is 25.4. The fourth-order valence-corrected chi connectivity index (χ4v) is 4.83. The molecule has 2 aromatic carbocycles. The van der Waals surface area contributed by atoms with Crippen molar-refractivity contribution >= 4 is 11.6 Å². The monoisotopic (exact) mass is 501 g/mol. The van der Waals surface area contributed by atoms with Crippen molar-refractivity contribution in [3.63, 3.8) is 0 Å². The van der Waals surface area contributed by atoms with Gasteiger partial charge in [0.1, 0.15) is 5.56 Å². The zero-order valence-corrected chi connectivity index (χ0v) is 20.7. The molecule has 6 rings (SSSR count). The van der Waals surface area contributed by atoms with Gasteiger partial charge in [-0.15, -0.1) is 0 Å². The summed E-state index contributed by atoms with van der Waals surface area (Å²) in [5, 5.41) is 4.51. The molecule has 10 nitrogen and oxygen atoms in total. The number of carbonyl (C=O) groups excluding carboxylic acids is 1. The number of hydrogen-bond donors (Lipinski definition) is 0. The minimum Gasteiger partial charge on any atom is -0.493 e. The van der Waals surface area contributed by atoms with Crippen LogP contribution >= 0.6 is 0 Å². The standard InChI is InChI=1S/C27H27N5O5/c1-34-22-6-4-19(14-24(22)35-2)21-7-8-28-26-20(15-29-32(21)26)27(33)31-11-9-30(10-12-31)16-18-3-5-23-25(13-18)37-17-36-23/h3-8,13-15H,9-12,16-17H2,1-2H3. The normalized spacial score (nSPS) is 15.2. The lowest BCUT2D eigenvalue weighted by Crippen LogP contribution is -2.48. The van der Waals surface area contributed by atoms with Crippen LogP contribution in [0, 0.1) is 0 Å². The minimum absolute atomic E-state index is 0.0605. The van der Waals surface area contributed by atoms with E-state index in [2.05, 4.69) is 21.0 Å². The molecule has 4 aromatic rings. The highest BCUT2D eigenvalue weighted by molar-refractivity contribution is 6.00. The Bertz CT molecular complexity index is 1460. The Labute approximate surface area is 213 Å². The van der Waals surface area contributed by atoms with Crippen molar-refractivity contribution in [1.82, 2.24) is 24.4 Å². The summed E-state index contributed by atoms with van der Waals surface area (Å²) in [5.41, 5.74) is 3.87. The van der Waals surface area contributed by atoms with E-state index in [4.69, 9.17) is 18.9 Å². The summed E-state index contributed by atoms with van der Waals surface area (Å²) in [4.78, 5) is 22.1. The Morgan fingerprint density at radius 2 is 1.76 bits per heavy atom. The van der Waals surface area contributed by atoms with E-state index >= 15 is 0 Å². The average molecular weight is 502 g/mol. The molecule has 37 heavy (non-hydrogen) atoms. The Morgan fingerprint density at radius 3 is 2.57 bits per heavy atom. The molecule has 1 fully saturated rings. The summed E-state index contributed by atoms with van der Waals surface area (Å²) in [6.07, 6.45) is 3.30. The molecule has 4 heterocycles. The SMILES string of the molecule is COc1ccc(-c2ccnc3c(C(=O)N4CCN(Cc5ccc6c(c5)OCO6)CC4)cnn23)cc1OC. The van der Waals surface area contributed by atoms with Gasteiger partial charge in [-0.2, -0.15) is 5.10 Å². The second-order valence-corrected chi connectivity index (χ2v) is 8.95. The van der Waals surface area contributed by atoms with E-state index in [1.54, 1.807) is 31.1 Å². The fourth-order valence-electron chi connectivity index (χ4n) is 4.83. The van der Waals surface area contributed by atoms with Crippen molar-refractivity contribution < 1.29 is 23.7 Å². The molecule has 0 radical (unpaired) electrons. The van der Waals surface area contributed by atoms with Gasteiger partial charge in [0.05, 0.1) is 26.1 Å². The summed E-state index contributed by atoms with van der Waals surface area (Å²) in [6, 6.07) is 13.6. The zero-order valence-electron chi connectivity index (χ0n) is 20.7. The van der Waals surface area contributed by atoms with Gasteiger partial charge in [-0.3, -0.25) is 9.69 Å². The summed E-state index contributed by atoms with van der Waals surface area (Å²) in [5.74, 6) is 2.78. The van der Waals surface area contributed by atoms with Gasteiger partial charge in [0, 0.05) is 44.5 Å². The van der Waals surface area contributed by atoms with Gasteiger partial charge in [0.2, 0.25) is 6.79 Å². The average Bonchev–Trinajstić information content (AvgIpc) is 3.59. The summed E-state index contributed by atoms with van der Waals surface area (Å²) in [6.45, 7) is 3.90. The molecule has 2 aromatic heterocycles. The number of carbonyl (C=O) groups is 1. The molecule has 2 aliphatic rings. The highest BCUT2D eigenvalue weighted by Crippen LogP contribution is 2.34. The summed E-state index contributed by atoms with van der Waals surface area (Å²) >= 11 is 0. The van der Waals surface area contributed by atoms with Crippen molar-refractivity contribution in [3.05, 3.63) is 66.0 Å². The smallest absolute Gasteiger partial charge is 0.259 e. The van der Waals surface area contributed by atoms with E-state index in [1.165, 1.54) is 5.56 Å². The van der Waals surface area contributed by atoms with Gasteiger partial charge >= 0.3 is 0 Å². The van der Waals surface area contributed by atoms with Gasteiger partial charge < -0.3 is 23.8 Å². The number of nitrogens with zero attached hydrogens (tertiary/aromatic N) is 5. The highest BCUT2D eigenvalue weighted by atomic mass is 16.7. The maximum Gasteiger partial charge on any atom is 0.259 e. The van der Waals surface area contributed by atoms with Crippen LogP contribution in [-0.2, 0) is 6.54 Å². The van der Waals surface area contributed by atoms with Crippen LogP contribution in [0.1, 0.15) is 15.9 Å². The van der Waals surface area contributed by atoms with Crippen LogP contribution < -0.4 is 18.9 Å². The number of aromatic nitrogens is 3. The summed E-state index contributed by atoms with van der Waals surface area (Å²) in [7, 11) is 3.20. The quantitative estimate of drug-likeness (QED) is 0.398. The van der Waals surface area contributed by atoms with E-state index in [0.717, 1.165) is 42.4 Å². The third-order valence-electron chi connectivity index (χ3n) is 6.81. The van der Waals surface area contributed by atoms with Crippen LogP contribution in [0.2, 0.25) is 0 Å². The van der Waals surface area contributed by atoms with E-state index in [-0.39, 0.29) is 12.7 Å². The number of amides is 1. The van der Waals surface area contributed by atoms with Crippen molar-refractivity contribution in [2.24, 2.45) is 0 Å². The highest BCUT2D eigenvalue weighted by Gasteiger charge is 2.26. The summed E-state index contributed by atoms with van der Waals surface area (Å²) < 4.78 is 23.4. The second-order valence-electron chi connectivity index (χ2n) is 8.95. The molecule has 1 saturated heterocycles. The van der Waals surface area contributed by atoms with E-state index < -0.39 is 0 Å². The molecule has 0 bridgehead atoms. The lowest BCUT2D eigenvalue weighted by atomic mass is 10.1. The molecule has 1 amide bonds. The predicted octanol–water partition coefficient (Wildman–Crippen LogP) is 3.10. The number of rotatable bonds is 6. The number of fused-ring (bicyclic) bond motifs is 2. The van der Waals surface area contributed by atoms with Gasteiger partial charge in [-0.05, 0) is 42.0 Å². The van der Waals surface area contributed by atoms with Crippen molar-refractivity contribution in [1.29, 1.82) is 0 Å². The molecule has 0 saturated carbocycles. The van der Waals surface area contributed by atoms with Crippen LogP contribution in [0.25, 0.3) is 16.9 Å². The number of hydrogen-bond acceptors (Lipinski definition) is 8. The van der Waals surface area contributed by atoms with Crippen LogP contribution in [0.15, 0.2) is 54.9 Å². The number of ether oxygens (including phenoxy) is 4. The molecule has 0 N–H and O–H groups in total. The first kappa shape index (κ1) is 23.1. The molecule has 190 valence electrons. The minimum atomic E-state index is -0.0605. The van der Waals surface area contributed by atoms with Crippen molar-refractivity contribution in [3.8, 4) is 34.3 Å². The van der Waals surface area contributed by atoms with Gasteiger partial charge in [-0.1, -0.05) is 6.07 Å². The fraction of sp³-hybridized carbons (Fsp3) is 0.296. The van der Waals surface area contributed by atoms with E-state index in [1.807, 2.05) is 41.3 Å². The Morgan fingerprint density at radius 1 is 0.946 bits per heavy atom. The third-order valence-corrected chi connectivity index (χ3v) is 6.81. The first-order chi connectivity index (χ1) is 18.1. The Balaban J connectivity index is 1.17.